The van der Waals surface area contributed by atoms with Crippen molar-refractivity contribution in [1.82, 2.24) is 4.90 Å². The van der Waals surface area contributed by atoms with E-state index in [1.807, 2.05) is 11.0 Å². The highest BCUT2D eigenvalue weighted by Crippen LogP contribution is 2.23. The van der Waals surface area contributed by atoms with E-state index in [1.165, 1.54) is 5.56 Å². The molecule has 140 valence electrons. The minimum Gasteiger partial charge on any atom is -0.378 e. The zero-order valence-electron chi connectivity index (χ0n) is 14.6. The highest BCUT2D eigenvalue weighted by atomic mass is 35.5. The second-order valence-electron chi connectivity index (χ2n) is 6.69. The van der Waals surface area contributed by atoms with Crippen LogP contribution in [0.15, 0.2) is 30.3 Å². The van der Waals surface area contributed by atoms with Crippen molar-refractivity contribution in [2.24, 2.45) is 5.73 Å². The zero-order valence-corrected chi connectivity index (χ0v) is 15.5. The number of piperidine rings is 1. The molecule has 0 aromatic heterocycles. The molecule has 1 aromatic rings. The highest BCUT2D eigenvalue weighted by molar-refractivity contribution is 5.85. The first-order valence-corrected chi connectivity index (χ1v) is 9.06. The van der Waals surface area contributed by atoms with Gasteiger partial charge in [0, 0.05) is 19.6 Å². The zero-order chi connectivity index (χ0) is 16.8. The Bertz CT molecular complexity index is 521. The van der Waals surface area contributed by atoms with Gasteiger partial charge >= 0.3 is 0 Å². The molecule has 1 amide bonds. The van der Waals surface area contributed by atoms with Crippen molar-refractivity contribution in [2.45, 2.75) is 50.4 Å². The Morgan fingerprint density at radius 3 is 2.52 bits per heavy atom. The van der Waals surface area contributed by atoms with Crippen molar-refractivity contribution in [3.8, 4) is 0 Å². The van der Waals surface area contributed by atoms with E-state index in [0.717, 1.165) is 51.8 Å². The summed E-state index contributed by atoms with van der Waals surface area (Å²) in [5, 5.41) is 0. The number of likely N-dealkylation sites (tertiary alicyclic amines) is 1. The number of hydrogen-bond donors (Lipinski definition) is 1. The van der Waals surface area contributed by atoms with Crippen molar-refractivity contribution in [3.05, 3.63) is 35.9 Å². The van der Waals surface area contributed by atoms with Crippen molar-refractivity contribution >= 4 is 18.3 Å². The van der Waals surface area contributed by atoms with Crippen LogP contribution in [-0.2, 0) is 20.7 Å². The largest absolute Gasteiger partial charge is 0.378 e. The summed E-state index contributed by atoms with van der Waals surface area (Å²) in [6, 6.07) is 10.4. The molecule has 25 heavy (non-hydrogen) atoms. The minimum atomic E-state index is -0.283. The van der Waals surface area contributed by atoms with E-state index < -0.39 is 0 Å². The summed E-state index contributed by atoms with van der Waals surface area (Å²) >= 11 is 0. The van der Waals surface area contributed by atoms with Crippen LogP contribution < -0.4 is 5.73 Å². The number of amides is 1. The molecule has 1 aromatic carbocycles. The molecule has 0 bridgehead atoms. The van der Waals surface area contributed by atoms with Crippen LogP contribution in [-0.4, -0.2) is 55.4 Å². The predicted octanol–water partition coefficient (Wildman–Crippen LogP) is 2.16. The van der Waals surface area contributed by atoms with E-state index in [-0.39, 0.29) is 36.6 Å². The van der Waals surface area contributed by atoms with Gasteiger partial charge in [-0.15, -0.1) is 12.4 Å². The Kier molecular flexibility index (Phi) is 8.16. The fourth-order valence-corrected chi connectivity index (χ4v) is 3.50. The molecule has 2 atom stereocenters. The Balaban J connectivity index is 0.00000225. The van der Waals surface area contributed by atoms with Crippen LogP contribution in [0, 0.1) is 0 Å². The molecule has 0 saturated carbocycles. The Morgan fingerprint density at radius 2 is 1.88 bits per heavy atom. The van der Waals surface area contributed by atoms with Gasteiger partial charge in [0.25, 0.3) is 5.91 Å². The Labute approximate surface area is 156 Å². The number of halogens is 1. The van der Waals surface area contributed by atoms with Crippen LogP contribution in [0.3, 0.4) is 0 Å². The third kappa shape index (κ3) is 5.68. The summed E-state index contributed by atoms with van der Waals surface area (Å²) in [6.45, 7) is 2.78. The molecule has 2 fully saturated rings. The van der Waals surface area contributed by atoms with E-state index in [2.05, 4.69) is 24.3 Å². The molecule has 6 heteroatoms. The van der Waals surface area contributed by atoms with Crippen molar-refractivity contribution in [3.63, 3.8) is 0 Å². The van der Waals surface area contributed by atoms with E-state index in [4.69, 9.17) is 15.2 Å². The van der Waals surface area contributed by atoms with E-state index in [1.54, 1.807) is 0 Å². The summed E-state index contributed by atoms with van der Waals surface area (Å²) < 4.78 is 11.7. The normalized spacial score (nSPS) is 24.1. The van der Waals surface area contributed by atoms with Gasteiger partial charge < -0.3 is 20.1 Å². The quantitative estimate of drug-likeness (QED) is 0.835. The topological polar surface area (TPSA) is 64.8 Å². The maximum absolute atomic E-state index is 12.5. The van der Waals surface area contributed by atoms with E-state index in [0.29, 0.717) is 6.54 Å². The maximum atomic E-state index is 12.5. The Hall–Kier alpha value is -1.14. The van der Waals surface area contributed by atoms with Crippen LogP contribution in [0.2, 0.25) is 0 Å². The third-order valence-electron chi connectivity index (χ3n) is 4.99. The molecule has 0 aliphatic carbocycles. The molecular weight excluding hydrogens is 340 g/mol. The molecule has 2 saturated heterocycles. The van der Waals surface area contributed by atoms with Gasteiger partial charge in [-0.05, 0) is 37.7 Å². The van der Waals surface area contributed by atoms with Gasteiger partial charge in [0.15, 0.2) is 0 Å². The number of ether oxygens (including phenoxy) is 2. The van der Waals surface area contributed by atoms with E-state index in [9.17, 15) is 4.79 Å². The summed E-state index contributed by atoms with van der Waals surface area (Å²) in [7, 11) is 0. The summed E-state index contributed by atoms with van der Waals surface area (Å²) in [5.41, 5.74) is 6.92. The number of rotatable bonds is 6. The molecule has 2 N–H and O–H groups in total. The molecule has 2 heterocycles. The lowest BCUT2D eigenvalue weighted by molar-refractivity contribution is -0.145. The van der Waals surface area contributed by atoms with Crippen LogP contribution in [0.4, 0.5) is 0 Å². The molecule has 0 unspecified atom stereocenters. The lowest BCUT2D eigenvalue weighted by Crippen LogP contribution is -2.45. The Morgan fingerprint density at radius 1 is 1.16 bits per heavy atom. The van der Waals surface area contributed by atoms with Crippen molar-refractivity contribution < 1.29 is 14.3 Å². The molecule has 2 aliphatic rings. The van der Waals surface area contributed by atoms with Gasteiger partial charge in [0.05, 0.1) is 18.8 Å². The van der Waals surface area contributed by atoms with Gasteiger partial charge in [-0.3, -0.25) is 4.79 Å². The summed E-state index contributed by atoms with van der Waals surface area (Å²) in [5.74, 6) is 0.133. The SMILES string of the molecule is Cl.NC[C@H]1CC[C@@H](C(=O)N2CCC(OCCc3ccccc3)CC2)O1. The summed E-state index contributed by atoms with van der Waals surface area (Å²) in [6.07, 6.45) is 4.49. The fourth-order valence-electron chi connectivity index (χ4n) is 3.50. The average Bonchev–Trinajstić information content (AvgIpc) is 3.12. The average molecular weight is 369 g/mol. The highest BCUT2D eigenvalue weighted by Gasteiger charge is 2.34. The van der Waals surface area contributed by atoms with Crippen LogP contribution in [0.1, 0.15) is 31.2 Å². The maximum Gasteiger partial charge on any atom is 0.251 e. The number of benzene rings is 1. The number of nitrogens with zero attached hydrogens (tertiary/aromatic N) is 1. The number of nitrogens with two attached hydrogens (primary N) is 1. The van der Waals surface area contributed by atoms with Crippen molar-refractivity contribution in [2.75, 3.05) is 26.2 Å². The smallest absolute Gasteiger partial charge is 0.251 e. The molecule has 5 nitrogen and oxygen atoms in total. The van der Waals surface area contributed by atoms with E-state index >= 15 is 0 Å². The first kappa shape index (κ1) is 20.2. The van der Waals surface area contributed by atoms with Gasteiger partial charge in [0.2, 0.25) is 0 Å². The standard InChI is InChI=1S/C19H28N2O3.ClH/c20-14-17-6-7-18(24-17)19(22)21-11-8-16(9-12-21)23-13-10-15-4-2-1-3-5-15;/h1-5,16-18H,6-14,20H2;1H/t17-,18+;/m1./s1. The second-order valence-corrected chi connectivity index (χ2v) is 6.69. The predicted molar refractivity (Wildman–Crippen MR) is 99.9 cm³/mol. The van der Waals surface area contributed by atoms with Gasteiger partial charge in [-0.2, -0.15) is 0 Å². The third-order valence-corrected chi connectivity index (χ3v) is 4.99. The van der Waals surface area contributed by atoms with Gasteiger partial charge in [0.1, 0.15) is 6.10 Å². The van der Waals surface area contributed by atoms with Gasteiger partial charge in [-0.25, -0.2) is 0 Å². The lowest BCUT2D eigenvalue weighted by Gasteiger charge is -2.33. The van der Waals surface area contributed by atoms with Crippen LogP contribution in [0.25, 0.3) is 0 Å². The number of carbonyl (C=O) groups is 1. The van der Waals surface area contributed by atoms with Crippen molar-refractivity contribution in [1.29, 1.82) is 0 Å². The molecular formula is C19H29ClN2O3. The van der Waals surface area contributed by atoms with Crippen LogP contribution in [0.5, 0.6) is 0 Å². The fraction of sp³-hybridized carbons (Fsp3) is 0.632. The molecule has 0 spiro atoms. The first-order valence-electron chi connectivity index (χ1n) is 9.06. The number of carbonyl (C=O) groups excluding carboxylic acids is 1. The summed E-state index contributed by atoms with van der Waals surface area (Å²) in [4.78, 5) is 14.4. The lowest BCUT2D eigenvalue weighted by atomic mass is 10.1. The minimum absolute atomic E-state index is 0. The number of hydrogen-bond acceptors (Lipinski definition) is 4. The molecule has 3 rings (SSSR count). The monoisotopic (exact) mass is 368 g/mol. The molecule has 0 radical (unpaired) electrons. The van der Waals surface area contributed by atoms with Crippen LogP contribution >= 0.6 is 12.4 Å². The second kappa shape index (κ2) is 10.1. The van der Waals surface area contributed by atoms with Gasteiger partial charge in [-0.1, -0.05) is 30.3 Å². The first-order chi connectivity index (χ1) is 11.8. The molecule has 2 aliphatic heterocycles.